The van der Waals surface area contributed by atoms with E-state index in [9.17, 15) is 4.79 Å². The van der Waals surface area contributed by atoms with Gasteiger partial charge in [-0.3, -0.25) is 4.57 Å². The van der Waals surface area contributed by atoms with Crippen LogP contribution < -0.4 is 5.69 Å². The van der Waals surface area contributed by atoms with Crippen molar-refractivity contribution in [1.29, 1.82) is 0 Å². The van der Waals surface area contributed by atoms with Gasteiger partial charge in [-0.15, -0.1) is 0 Å². The molecule has 0 radical (unpaired) electrons. The predicted octanol–water partition coefficient (Wildman–Crippen LogP) is 3.21. The van der Waals surface area contributed by atoms with Gasteiger partial charge in [-0.05, 0) is 37.0 Å². The van der Waals surface area contributed by atoms with Crippen molar-refractivity contribution in [3.05, 3.63) is 34.2 Å². The molecule has 0 fully saturated rings. The first-order valence-electron chi connectivity index (χ1n) is 6.05. The molecule has 0 aliphatic rings. The van der Waals surface area contributed by atoms with Crippen LogP contribution in [0.25, 0.3) is 11.0 Å². The van der Waals surface area contributed by atoms with Crippen LogP contribution in [0.2, 0.25) is 0 Å². The van der Waals surface area contributed by atoms with Crippen LogP contribution in [0.3, 0.4) is 0 Å². The van der Waals surface area contributed by atoms with Gasteiger partial charge in [-0.25, -0.2) is 4.79 Å². The summed E-state index contributed by atoms with van der Waals surface area (Å²) in [5, 5.41) is 0. The van der Waals surface area contributed by atoms with Gasteiger partial charge < -0.3 is 4.98 Å². The van der Waals surface area contributed by atoms with Crippen LogP contribution in [0.4, 0.5) is 0 Å². The topological polar surface area (TPSA) is 37.8 Å². The van der Waals surface area contributed by atoms with E-state index in [0.29, 0.717) is 0 Å². The summed E-state index contributed by atoms with van der Waals surface area (Å²) in [7, 11) is 0. The molecule has 0 bridgehead atoms. The molecule has 0 unspecified atom stereocenters. The van der Waals surface area contributed by atoms with Crippen LogP contribution in [0, 0.1) is 0 Å². The number of imidazole rings is 1. The van der Waals surface area contributed by atoms with Crippen molar-refractivity contribution in [3.8, 4) is 0 Å². The van der Waals surface area contributed by atoms with Gasteiger partial charge in [-0.1, -0.05) is 26.8 Å². The third-order valence-corrected chi connectivity index (χ3v) is 3.10. The lowest BCUT2D eigenvalue weighted by Gasteiger charge is -2.19. The van der Waals surface area contributed by atoms with Gasteiger partial charge in [0.15, 0.2) is 0 Å². The number of nitrogens with one attached hydrogen (secondary N) is 1. The highest BCUT2D eigenvalue weighted by Gasteiger charge is 2.16. The minimum atomic E-state index is -0.0268. The van der Waals surface area contributed by atoms with E-state index in [2.05, 4.69) is 37.9 Å². The van der Waals surface area contributed by atoms with Crippen molar-refractivity contribution >= 4 is 11.0 Å². The summed E-state index contributed by atoms with van der Waals surface area (Å²) in [5.74, 6) is 0. The number of hydrogen-bond acceptors (Lipinski definition) is 1. The molecule has 0 aliphatic carbocycles. The molecule has 0 amide bonds. The Labute approximate surface area is 101 Å². The second-order valence-electron chi connectivity index (χ2n) is 5.88. The molecular weight excluding hydrogens is 212 g/mol. The quantitative estimate of drug-likeness (QED) is 0.805. The van der Waals surface area contributed by atoms with Gasteiger partial charge in [0.25, 0.3) is 0 Å². The average molecular weight is 232 g/mol. The standard InChI is InChI=1S/C14H20N2O/c1-9(2)16-12-7-6-10(14(3,4)5)8-11(12)15-13(16)17/h6-9H,1-5H3,(H,15,17). The average Bonchev–Trinajstić information content (AvgIpc) is 2.50. The Morgan fingerprint density at radius 2 is 1.88 bits per heavy atom. The van der Waals surface area contributed by atoms with Crippen LogP contribution >= 0.6 is 0 Å². The molecule has 92 valence electrons. The zero-order chi connectivity index (χ0) is 12.8. The fraction of sp³-hybridized carbons (Fsp3) is 0.500. The van der Waals surface area contributed by atoms with Gasteiger partial charge in [0.05, 0.1) is 11.0 Å². The number of aromatic nitrogens is 2. The fourth-order valence-electron chi connectivity index (χ4n) is 2.11. The first kappa shape index (κ1) is 12.0. The second-order valence-corrected chi connectivity index (χ2v) is 5.88. The normalized spacial score (nSPS) is 12.6. The number of fused-ring (bicyclic) bond motifs is 1. The molecule has 3 heteroatoms. The Hall–Kier alpha value is -1.51. The minimum absolute atomic E-state index is 0.0268. The summed E-state index contributed by atoms with van der Waals surface area (Å²) in [6.45, 7) is 10.6. The smallest absolute Gasteiger partial charge is 0.306 e. The van der Waals surface area contributed by atoms with E-state index >= 15 is 0 Å². The van der Waals surface area contributed by atoms with E-state index in [0.717, 1.165) is 11.0 Å². The molecule has 3 nitrogen and oxygen atoms in total. The van der Waals surface area contributed by atoms with E-state index in [1.54, 1.807) is 4.57 Å². The zero-order valence-electron chi connectivity index (χ0n) is 11.2. The molecule has 17 heavy (non-hydrogen) atoms. The SMILES string of the molecule is CC(C)n1c(=O)[nH]c2cc(C(C)(C)C)ccc21. The molecule has 1 aromatic carbocycles. The van der Waals surface area contributed by atoms with Crippen molar-refractivity contribution in [2.24, 2.45) is 0 Å². The highest BCUT2D eigenvalue weighted by molar-refractivity contribution is 5.76. The van der Waals surface area contributed by atoms with Crippen molar-refractivity contribution in [3.63, 3.8) is 0 Å². The monoisotopic (exact) mass is 232 g/mol. The molecule has 0 atom stereocenters. The predicted molar refractivity (Wildman–Crippen MR) is 71.6 cm³/mol. The molecule has 1 N–H and O–H groups in total. The van der Waals surface area contributed by atoms with Crippen molar-refractivity contribution in [2.45, 2.75) is 46.1 Å². The second kappa shape index (κ2) is 3.76. The number of nitrogens with zero attached hydrogens (tertiary/aromatic N) is 1. The van der Waals surface area contributed by atoms with Crippen LogP contribution in [0.1, 0.15) is 46.2 Å². The van der Waals surface area contributed by atoms with Gasteiger partial charge in [-0.2, -0.15) is 0 Å². The van der Waals surface area contributed by atoms with Gasteiger partial charge >= 0.3 is 5.69 Å². The van der Waals surface area contributed by atoms with Crippen molar-refractivity contribution < 1.29 is 0 Å². The summed E-state index contributed by atoms with van der Waals surface area (Å²) in [5.41, 5.74) is 3.22. The number of aromatic amines is 1. The maximum Gasteiger partial charge on any atom is 0.326 e. The van der Waals surface area contributed by atoms with Gasteiger partial charge in [0, 0.05) is 6.04 Å². The molecule has 1 heterocycles. The molecule has 2 aromatic rings. The van der Waals surface area contributed by atoms with Crippen LogP contribution in [-0.4, -0.2) is 9.55 Å². The highest BCUT2D eigenvalue weighted by Crippen LogP contribution is 2.25. The van der Waals surface area contributed by atoms with E-state index in [1.807, 2.05) is 19.9 Å². The Balaban J connectivity index is 2.70. The lowest BCUT2D eigenvalue weighted by Crippen LogP contribution is -2.18. The largest absolute Gasteiger partial charge is 0.326 e. The zero-order valence-corrected chi connectivity index (χ0v) is 11.2. The van der Waals surface area contributed by atoms with Crippen molar-refractivity contribution in [2.75, 3.05) is 0 Å². The first-order valence-corrected chi connectivity index (χ1v) is 6.05. The van der Waals surface area contributed by atoms with E-state index in [1.165, 1.54) is 5.56 Å². The summed E-state index contributed by atoms with van der Waals surface area (Å²) >= 11 is 0. The van der Waals surface area contributed by atoms with Gasteiger partial charge in [0.2, 0.25) is 0 Å². The Bertz CT molecular complexity index is 597. The van der Waals surface area contributed by atoms with E-state index in [-0.39, 0.29) is 17.1 Å². The lowest BCUT2D eigenvalue weighted by atomic mass is 9.87. The van der Waals surface area contributed by atoms with Gasteiger partial charge in [0.1, 0.15) is 0 Å². The summed E-state index contributed by atoms with van der Waals surface area (Å²) in [6, 6.07) is 6.40. The van der Waals surface area contributed by atoms with Crippen LogP contribution in [0.15, 0.2) is 23.0 Å². The van der Waals surface area contributed by atoms with Crippen LogP contribution in [-0.2, 0) is 5.41 Å². The molecule has 0 spiro atoms. The summed E-state index contributed by atoms with van der Waals surface area (Å²) in [6.07, 6.45) is 0. The molecule has 2 rings (SSSR count). The molecule has 0 saturated heterocycles. The van der Waals surface area contributed by atoms with Crippen molar-refractivity contribution in [1.82, 2.24) is 9.55 Å². The number of H-pyrrole nitrogens is 1. The third-order valence-electron chi connectivity index (χ3n) is 3.10. The molecule has 1 aromatic heterocycles. The molecule has 0 aliphatic heterocycles. The summed E-state index contributed by atoms with van der Waals surface area (Å²) < 4.78 is 1.79. The van der Waals surface area contributed by atoms with Crippen LogP contribution in [0.5, 0.6) is 0 Å². The first-order chi connectivity index (χ1) is 7.80. The summed E-state index contributed by atoms with van der Waals surface area (Å²) in [4.78, 5) is 14.8. The Morgan fingerprint density at radius 1 is 1.24 bits per heavy atom. The third kappa shape index (κ3) is 2.02. The van der Waals surface area contributed by atoms with E-state index in [4.69, 9.17) is 0 Å². The Morgan fingerprint density at radius 3 is 2.41 bits per heavy atom. The highest BCUT2D eigenvalue weighted by atomic mass is 16.1. The van der Waals surface area contributed by atoms with E-state index < -0.39 is 0 Å². The Kier molecular flexibility index (Phi) is 2.64. The number of benzene rings is 1. The number of hydrogen-bond donors (Lipinski definition) is 1. The fourth-order valence-corrected chi connectivity index (χ4v) is 2.11. The maximum absolute atomic E-state index is 11.8. The molecular formula is C14H20N2O. The minimum Gasteiger partial charge on any atom is -0.306 e. The molecule has 0 saturated carbocycles. The number of rotatable bonds is 1. The lowest BCUT2D eigenvalue weighted by molar-refractivity contribution is 0.590. The maximum atomic E-state index is 11.8.